The molecule has 1 aliphatic heterocycles. The van der Waals surface area contributed by atoms with Gasteiger partial charge in [-0.05, 0) is 44.2 Å². The van der Waals surface area contributed by atoms with Crippen molar-refractivity contribution in [2.24, 2.45) is 12.5 Å². The average molecular weight is 334 g/mol. The van der Waals surface area contributed by atoms with E-state index in [0.717, 1.165) is 32.8 Å². The Balaban J connectivity index is 1.60. The van der Waals surface area contributed by atoms with E-state index in [1.165, 1.54) is 29.7 Å². The van der Waals surface area contributed by atoms with Gasteiger partial charge in [-0.25, -0.2) is 0 Å². The third kappa shape index (κ3) is 4.43. The summed E-state index contributed by atoms with van der Waals surface area (Å²) in [6.45, 7) is 7.08. The van der Waals surface area contributed by atoms with Gasteiger partial charge in [0.15, 0.2) is 0 Å². The Labute approximate surface area is 143 Å². The topological polar surface area (TPSA) is 30.3 Å². The lowest BCUT2D eigenvalue weighted by atomic mass is 9.83. The summed E-state index contributed by atoms with van der Waals surface area (Å²) in [5, 5.41) is 6.46. The molecule has 0 aliphatic carbocycles. The molecule has 3 heterocycles. The molecule has 1 fully saturated rings. The van der Waals surface area contributed by atoms with Crippen molar-refractivity contribution in [3.05, 3.63) is 40.3 Å². The van der Waals surface area contributed by atoms with Crippen LogP contribution in [0.5, 0.6) is 0 Å². The largest absolute Gasteiger partial charge is 0.381 e. The van der Waals surface area contributed by atoms with Crippen LogP contribution in [0.4, 0.5) is 0 Å². The zero-order chi connectivity index (χ0) is 16.1. The molecule has 0 saturated carbocycles. The minimum Gasteiger partial charge on any atom is -0.381 e. The van der Waals surface area contributed by atoms with Gasteiger partial charge >= 0.3 is 0 Å². The van der Waals surface area contributed by atoms with Crippen molar-refractivity contribution in [1.29, 1.82) is 0 Å². The van der Waals surface area contributed by atoms with E-state index in [4.69, 9.17) is 4.74 Å². The maximum Gasteiger partial charge on any atom is 0.0535 e. The summed E-state index contributed by atoms with van der Waals surface area (Å²) in [6.07, 6.45) is 7.73. The quantitative estimate of drug-likeness (QED) is 0.742. The molecule has 0 radical (unpaired) electrons. The highest BCUT2D eigenvalue weighted by atomic mass is 32.1. The first-order chi connectivity index (χ1) is 11.2. The highest BCUT2D eigenvalue weighted by Crippen LogP contribution is 2.36. The molecule has 1 atom stereocenters. The van der Waals surface area contributed by atoms with Crippen LogP contribution in [0, 0.1) is 5.41 Å². The summed E-state index contributed by atoms with van der Waals surface area (Å²) in [4.78, 5) is 4.05. The second-order valence-electron chi connectivity index (χ2n) is 6.70. The van der Waals surface area contributed by atoms with Crippen LogP contribution in [0.2, 0.25) is 0 Å². The Bertz CT molecular complexity index is 595. The standard InChI is InChI=1S/C18H27N3OS/c1-3-22-15-18(7-6-17-5-4-10-23-17)8-9-21(14-18)13-16-11-19-20(2)12-16/h4-5,10-12H,3,6-9,13-15H2,1-2H3. The van der Waals surface area contributed by atoms with E-state index >= 15 is 0 Å². The van der Waals surface area contributed by atoms with Crippen molar-refractivity contribution < 1.29 is 4.74 Å². The van der Waals surface area contributed by atoms with Crippen molar-refractivity contribution in [3.8, 4) is 0 Å². The minimum absolute atomic E-state index is 0.308. The Kier molecular flexibility index (Phi) is 5.51. The molecule has 2 aromatic rings. The van der Waals surface area contributed by atoms with Crippen molar-refractivity contribution in [2.75, 3.05) is 26.3 Å². The number of hydrogen-bond acceptors (Lipinski definition) is 4. The summed E-state index contributed by atoms with van der Waals surface area (Å²) < 4.78 is 7.74. The molecule has 2 aromatic heterocycles. The summed E-state index contributed by atoms with van der Waals surface area (Å²) in [5.74, 6) is 0. The van der Waals surface area contributed by atoms with Gasteiger partial charge in [0, 0.05) is 48.8 Å². The first kappa shape index (κ1) is 16.7. The van der Waals surface area contributed by atoms with Crippen molar-refractivity contribution in [2.45, 2.75) is 32.7 Å². The molecule has 1 unspecified atom stereocenters. The number of thiophene rings is 1. The molecule has 4 nitrogen and oxygen atoms in total. The van der Waals surface area contributed by atoms with E-state index < -0.39 is 0 Å². The molecule has 126 valence electrons. The van der Waals surface area contributed by atoms with Gasteiger partial charge in [0.25, 0.3) is 0 Å². The molecule has 0 bridgehead atoms. The Morgan fingerprint density at radius 3 is 3.04 bits per heavy atom. The highest BCUT2D eigenvalue weighted by Gasteiger charge is 2.38. The van der Waals surface area contributed by atoms with Gasteiger partial charge < -0.3 is 4.74 Å². The third-order valence-corrected chi connectivity index (χ3v) is 5.71. The number of nitrogens with zero attached hydrogens (tertiary/aromatic N) is 3. The summed E-state index contributed by atoms with van der Waals surface area (Å²) in [6, 6.07) is 4.40. The second kappa shape index (κ2) is 7.60. The molecule has 0 amide bonds. The van der Waals surface area contributed by atoms with E-state index in [9.17, 15) is 0 Å². The maximum atomic E-state index is 5.85. The molecule has 23 heavy (non-hydrogen) atoms. The Hall–Kier alpha value is -1.17. The van der Waals surface area contributed by atoms with Gasteiger partial charge in [-0.2, -0.15) is 5.10 Å². The molecule has 3 rings (SSSR count). The fraction of sp³-hybridized carbons (Fsp3) is 0.611. The normalized spacial score (nSPS) is 22.0. The minimum atomic E-state index is 0.308. The second-order valence-corrected chi connectivity index (χ2v) is 7.73. The van der Waals surface area contributed by atoms with Crippen LogP contribution >= 0.6 is 11.3 Å². The first-order valence-electron chi connectivity index (χ1n) is 8.49. The van der Waals surface area contributed by atoms with Crippen LogP contribution in [0.3, 0.4) is 0 Å². The van der Waals surface area contributed by atoms with E-state index in [0.29, 0.717) is 5.41 Å². The van der Waals surface area contributed by atoms with E-state index in [1.807, 2.05) is 29.3 Å². The zero-order valence-electron chi connectivity index (χ0n) is 14.2. The van der Waals surface area contributed by atoms with Gasteiger partial charge in [0.1, 0.15) is 0 Å². The van der Waals surface area contributed by atoms with Gasteiger partial charge in [0.05, 0.1) is 12.8 Å². The molecule has 0 N–H and O–H groups in total. The van der Waals surface area contributed by atoms with Crippen molar-refractivity contribution in [3.63, 3.8) is 0 Å². The number of ether oxygens (including phenoxy) is 1. The monoisotopic (exact) mass is 333 g/mol. The van der Waals surface area contributed by atoms with Crippen LogP contribution in [-0.2, 0) is 24.8 Å². The fourth-order valence-corrected chi connectivity index (χ4v) is 4.24. The third-order valence-electron chi connectivity index (χ3n) is 4.78. The molecule has 0 spiro atoms. The van der Waals surface area contributed by atoms with E-state index in [1.54, 1.807) is 0 Å². The highest BCUT2D eigenvalue weighted by molar-refractivity contribution is 7.09. The van der Waals surface area contributed by atoms with Crippen LogP contribution in [0.1, 0.15) is 30.2 Å². The summed E-state index contributed by atoms with van der Waals surface area (Å²) >= 11 is 1.87. The van der Waals surface area contributed by atoms with Crippen molar-refractivity contribution >= 4 is 11.3 Å². The smallest absolute Gasteiger partial charge is 0.0535 e. The number of rotatable bonds is 8. The predicted molar refractivity (Wildman–Crippen MR) is 94.7 cm³/mol. The van der Waals surface area contributed by atoms with E-state index in [-0.39, 0.29) is 0 Å². The lowest BCUT2D eigenvalue weighted by molar-refractivity contribution is 0.0490. The number of aromatic nitrogens is 2. The zero-order valence-corrected chi connectivity index (χ0v) is 15.0. The maximum absolute atomic E-state index is 5.85. The fourth-order valence-electron chi connectivity index (χ4n) is 3.53. The SMILES string of the molecule is CCOCC1(CCc2cccs2)CCN(Cc2cnn(C)c2)C1. The van der Waals surface area contributed by atoms with E-state index in [2.05, 4.69) is 40.6 Å². The van der Waals surface area contributed by atoms with Gasteiger partial charge in [0.2, 0.25) is 0 Å². The molecular weight excluding hydrogens is 306 g/mol. The summed E-state index contributed by atoms with van der Waals surface area (Å²) in [5.41, 5.74) is 1.61. The molecular formula is C18H27N3OS. The number of aryl methyl sites for hydroxylation is 2. The molecule has 1 saturated heterocycles. The first-order valence-corrected chi connectivity index (χ1v) is 9.37. The van der Waals surface area contributed by atoms with Gasteiger partial charge in [-0.15, -0.1) is 11.3 Å². The molecule has 5 heteroatoms. The van der Waals surface area contributed by atoms with Crippen LogP contribution in [-0.4, -0.2) is 41.0 Å². The lowest BCUT2D eigenvalue weighted by Gasteiger charge is -2.29. The van der Waals surface area contributed by atoms with Gasteiger partial charge in [-0.1, -0.05) is 6.07 Å². The van der Waals surface area contributed by atoms with Crippen LogP contribution in [0.15, 0.2) is 29.9 Å². The lowest BCUT2D eigenvalue weighted by Crippen LogP contribution is -2.32. The van der Waals surface area contributed by atoms with Gasteiger partial charge in [-0.3, -0.25) is 9.58 Å². The molecule has 0 aromatic carbocycles. The van der Waals surface area contributed by atoms with Crippen LogP contribution in [0.25, 0.3) is 0 Å². The van der Waals surface area contributed by atoms with Crippen molar-refractivity contribution in [1.82, 2.24) is 14.7 Å². The Morgan fingerprint density at radius 2 is 2.35 bits per heavy atom. The average Bonchev–Trinajstić information content (AvgIpc) is 3.26. The number of likely N-dealkylation sites (tertiary alicyclic amines) is 1. The van der Waals surface area contributed by atoms with Crippen LogP contribution < -0.4 is 0 Å². The molecule has 1 aliphatic rings. The predicted octanol–water partition coefficient (Wildman–Crippen LogP) is 3.34. The Morgan fingerprint density at radius 1 is 1.43 bits per heavy atom. The summed E-state index contributed by atoms with van der Waals surface area (Å²) in [7, 11) is 1.98. The number of hydrogen-bond donors (Lipinski definition) is 0.